The first kappa shape index (κ1) is 60.8. The molecule has 1 saturated heterocycles. The van der Waals surface area contributed by atoms with Crippen LogP contribution in [0.1, 0.15) is 88.5 Å². The van der Waals surface area contributed by atoms with E-state index in [-0.39, 0.29) is 70.7 Å². The predicted octanol–water partition coefficient (Wildman–Crippen LogP) is -5.64. The van der Waals surface area contributed by atoms with E-state index >= 15 is 0 Å². The number of guanidine groups is 1. The minimum absolute atomic E-state index is 0.0496. The van der Waals surface area contributed by atoms with Crippen LogP contribution in [0.3, 0.4) is 0 Å². The standard InChI is InChI=1S/C43H74N16O11S/c1-24(53-39(66)33(30(60)22-47)57-36(63)25(48)10-2-4-16-44)35(62)52-23-32(61)54-27(12-6-18-46)41(68)59-20-8-14-29(59)38(65)58-34(31-15-9-21-71-31)40(67)55-26(11-3-5-17-45)37(64)56-28(42(69)70)13-7-19-51-43(49)50/h9,13,15,21,24-27,29-30,33-34,60H,2-8,10-12,14,16-20,22-23,44-48H2,1H3,(H,52,62)(H,53,66)(H,54,61)(H,55,67)(H,56,64)(H,57,63)(H,58,65)(H,69,70)(H4,49,50,51)/b28-13-/t24?,25?,26-,27+,29-,30-,33+,34?/m0/s1. The fourth-order valence-corrected chi connectivity index (χ4v) is 7.95. The van der Waals surface area contributed by atoms with Crippen molar-refractivity contribution in [3.63, 3.8) is 0 Å². The first-order valence-electron chi connectivity index (χ1n) is 23.5. The van der Waals surface area contributed by atoms with Crippen molar-refractivity contribution in [2.75, 3.05) is 45.8 Å². The number of rotatable bonds is 33. The van der Waals surface area contributed by atoms with Crippen molar-refractivity contribution in [1.82, 2.24) is 42.1 Å². The van der Waals surface area contributed by atoms with Gasteiger partial charge >= 0.3 is 5.97 Å². The van der Waals surface area contributed by atoms with Gasteiger partial charge in [-0.2, -0.15) is 0 Å². The lowest BCUT2D eigenvalue weighted by molar-refractivity contribution is -0.142. The third-order valence-corrected chi connectivity index (χ3v) is 12.0. The van der Waals surface area contributed by atoms with Crippen LogP contribution < -0.4 is 77.4 Å². The number of thiophene rings is 1. The fourth-order valence-electron chi connectivity index (χ4n) is 7.18. The Bertz CT molecular complexity index is 1990. The van der Waals surface area contributed by atoms with Gasteiger partial charge in [-0.3, -0.25) is 43.3 Å². The number of unbranched alkanes of at least 4 members (excludes halogenated alkanes) is 2. The van der Waals surface area contributed by atoms with E-state index in [2.05, 4.69) is 42.2 Å². The van der Waals surface area contributed by atoms with Gasteiger partial charge in [0, 0.05) is 24.5 Å². The molecular formula is C43H74N16O11S. The van der Waals surface area contributed by atoms with Crippen molar-refractivity contribution >= 4 is 70.5 Å². The van der Waals surface area contributed by atoms with Crippen molar-refractivity contribution in [3.8, 4) is 0 Å². The van der Waals surface area contributed by atoms with E-state index in [1.165, 1.54) is 17.9 Å². The molecule has 0 aromatic carbocycles. The number of nitrogens with two attached hydrogens (primary N) is 7. The van der Waals surface area contributed by atoms with Crippen LogP contribution >= 0.6 is 11.3 Å². The van der Waals surface area contributed by atoms with Crippen LogP contribution in [-0.2, 0) is 43.2 Å². The Morgan fingerprint density at radius 1 is 0.817 bits per heavy atom. The van der Waals surface area contributed by atoms with Crippen LogP contribution in [-0.4, -0.2) is 162 Å². The molecule has 1 fully saturated rings. The van der Waals surface area contributed by atoms with Gasteiger partial charge in [-0.25, -0.2) is 4.79 Å². The van der Waals surface area contributed by atoms with Gasteiger partial charge in [0.25, 0.3) is 0 Å². The highest BCUT2D eigenvalue weighted by Gasteiger charge is 2.40. The molecule has 28 heteroatoms. The van der Waals surface area contributed by atoms with Crippen LogP contribution in [0, 0.1) is 0 Å². The number of aliphatic carboxylic acids is 1. The minimum atomic E-state index is -1.56. The predicted molar refractivity (Wildman–Crippen MR) is 263 cm³/mol. The van der Waals surface area contributed by atoms with Gasteiger partial charge in [0.2, 0.25) is 47.3 Å². The summed E-state index contributed by atoms with van der Waals surface area (Å²) in [6, 6.07) is -5.51. The van der Waals surface area contributed by atoms with Gasteiger partial charge in [-0.1, -0.05) is 18.6 Å². The maximum absolute atomic E-state index is 14.1. The van der Waals surface area contributed by atoms with Crippen molar-refractivity contribution in [2.24, 2.45) is 45.1 Å². The summed E-state index contributed by atoms with van der Waals surface area (Å²) in [6.07, 6.45) is 3.05. The molecule has 2 rings (SSSR count). The molecule has 2 heterocycles. The Kier molecular flexibility index (Phi) is 27.9. The number of nitrogens with one attached hydrogen (secondary N) is 7. The second-order valence-electron chi connectivity index (χ2n) is 16.7. The van der Waals surface area contributed by atoms with Crippen molar-refractivity contribution in [2.45, 2.75) is 126 Å². The molecule has 0 saturated carbocycles. The number of aliphatic hydroxyl groups excluding tert-OH is 1. The Labute approximate surface area is 416 Å². The summed E-state index contributed by atoms with van der Waals surface area (Å²) in [5.74, 6) is -7.91. The summed E-state index contributed by atoms with van der Waals surface area (Å²) in [5.41, 5.74) is 38.6. The number of hydrogen-bond donors (Lipinski definition) is 16. The van der Waals surface area contributed by atoms with Crippen LogP contribution in [0.2, 0.25) is 0 Å². The third kappa shape index (κ3) is 21.3. The largest absolute Gasteiger partial charge is 0.477 e. The Morgan fingerprint density at radius 3 is 2.08 bits per heavy atom. The van der Waals surface area contributed by atoms with Crippen molar-refractivity contribution in [1.29, 1.82) is 0 Å². The summed E-state index contributed by atoms with van der Waals surface area (Å²) in [7, 11) is 0. The van der Waals surface area contributed by atoms with Gasteiger partial charge in [0.15, 0.2) is 5.96 Å². The highest BCUT2D eigenvalue weighted by molar-refractivity contribution is 7.10. The molecule has 23 N–H and O–H groups in total. The molecule has 8 atom stereocenters. The van der Waals surface area contributed by atoms with E-state index in [4.69, 9.17) is 40.1 Å². The lowest BCUT2D eigenvalue weighted by Gasteiger charge is -2.30. The molecule has 1 aliphatic heterocycles. The van der Waals surface area contributed by atoms with E-state index in [0.29, 0.717) is 43.5 Å². The van der Waals surface area contributed by atoms with Crippen LogP contribution in [0.15, 0.2) is 34.3 Å². The van der Waals surface area contributed by atoms with E-state index in [0.717, 1.165) is 11.3 Å². The van der Waals surface area contributed by atoms with Crippen molar-refractivity contribution < 1.29 is 53.4 Å². The average Bonchev–Trinajstić information content (AvgIpc) is 4.07. The highest BCUT2D eigenvalue weighted by Crippen LogP contribution is 2.24. The summed E-state index contributed by atoms with van der Waals surface area (Å²) < 4.78 is 0. The molecule has 0 radical (unpaired) electrons. The van der Waals surface area contributed by atoms with Crippen molar-refractivity contribution in [3.05, 3.63) is 34.2 Å². The quantitative estimate of drug-likeness (QED) is 0.0135. The number of amides is 8. The van der Waals surface area contributed by atoms with E-state index in [1.54, 1.807) is 17.5 Å². The van der Waals surface area contributed by atoms with Gasteiger partial charge in [0.1, 0.15) is 41.9 Å². The SMILES string of the molecule is CC(NC(=O)[C@H](NC(=O)C(N)CCCCN)[C@@H](O)CN)C(=O)NCC(=O)N[C@H](CCCN)C(=O)N1CCC[C@H]1C(=O)NC(C(=O)N[C@@H](CCCCN)C(=O)N/C(=C\CCN=C(N)N)C(=O)O)c1cccs1. The summed E-state index contributed by atoms with van der Waals surface area (Å²) in [6.45, 7) is 1.24. The molecule has 0 bridgehead atoms. The Hall–Kier alpha value is -6.30. The number of hydrogen-bond acceptors (Lipinski definition) is 17. The smallest absolute Gasteiger partial charge is 0.352 e. The Morgan fingerprint density at radius 2 is 1.48 bits per heavy atom. The number of nitrogens with zero attached hydrogens (tertiary/aromatic N) is 2. The van der Waals surface area contributed by atoms with Crippen LogP contribution in [0.5, 0.6) is 0 Å². The Balaban J connectivity index is 2.18. The number of carbonyl (C=O) groups excluding carboxylic acids is 8. The molecule has 27 nitrogen and oxygen atoms in total. The molecule has 1 aliphatic rings. The minimum Gasteiger partial charge on any atom is -0.477 e. The van der Waals surface area contributed by atoms with E-state index in [9.17, 15) is 53.4 Å². The lowest BCUT2D eigenvalue weighted by atomic mass is 10.1. The van der Waals surface area contributed by atoms with E-state index in [1.807, 2.05) is 0 Å². The first-order chi connectivity index (χ1) is 33.8. The van der Waals surface area contributed by atoms with Crippen LogP contribution in [0.25, 0.3) is 0 Å². The molecule has 3 unspecified atom stereocenters. The lowest BCUT2D eigenvalue weighted by Crippen LogP contribution is -2.60. The van der Waals surface area contributed by atoms with Gasteiger partial charge < -0.3 is 92.5 Å². The number of likely N-dealkylation sites (tertiary alicyclic amines) is 1. The third-order valence-electron chi connectivity index (χ3n) is 11.1. The number of carboxylic acids is 1. The molecule has 8 amide bonds. The second-order valence-corrected chi connectivity index (χ2v) is 17.7. The molecule has 0 spiro atoms. The monoisotopic (exact) mass is 1020 g/mol. The zero-order valence-corrected chi connectivity index (χ0v) is 40.9. The van der Waals surface area contributed by atoms with Gasteiger partial charge in [0.05, 0.1) is 18.7 Å². The zero-order valence-electron chi connectivity index (χ0n) is 40.1. The first-order valence-corrected chi connectivity index (χ1v) is 24.3. The maximum atomic E-state index is 14.1. The van der Waals surface area contributed by atoms with Crippen LogP contribution in [0.4, 0.5) is 0 Å². The topological polar surface area (TPSA) is 476 Å². The fraction of sp³-hybridized carbons (Fsp3) is 0.628. The number of carbonyl (C=O) groups is 9. The van der Waals surface area contributed by atoms with Gasteiger partial charge in [-0.05, 0) is 102 Å². The normalized spacial score (nSPS) is 16.4. The maximum Gasteiger partial charge on any atom is 0.352 e. The zero-order chi connectivity index (χ0) is 53.0. The number of aliphatic hydroxyl groups is 1. The average molecular weight is 1020 g/mol. The summed E-state index contributed by atoms with van der Waals surface area (Å²) >= 11 is 1.14. The summed E-state index contributed by atoms with van der Waals surface area (Å²) in [5, 5.41) is 39.2. The molecule has 1 aromatic rings. The summed E-state index contributed by atoms with van der Waals surface area (Å²) in [4.78, 5) is 125. The molecule has 1 aromatic heterocycles. The molecule has 71 heavy (non-hydrogen) atoms. The number of aliphatic imine (C=N–C) groups is 1. The molecule has 398 valence electrons. The van der Waals surface area contributed by atoms with E-state index < -0.39 is 120 Å². The number of carboxylic acid groups (broad SMARTS) is 1. The molecule has 0 aliphatic carbocycles. The van der Waals surface area contributed by atoms with Gasteiger partial charge in [-0.15, -0.1) is 11.3 Å². The molecular weight excluding hydrogens is 949 g/mol. The highest BCUT2D eigenvalue weighted by atomic mass is 32.1. The second kappa shape index (κ2) is 32.6.